The summed E-state index contributed by atoms with van der Waals surface area (Å²) < 4.78 is 5.72. The molecule has 2 fully saturated rings. The Bertz CT molecular complexity index is 930. The average molecular weight is 444 g/mol. The molecule has 6 nitrogen and oxygen atoms in total. The molecule has 2 amide bonds. The number of ether oxygens (including phenoxy) is 1. The number of anilines is 1. The van der Waals surface area contributed by atoms with E-state index in [9.17, 15) is 9.59 Å². The number of halogens is 1. The van der Waals surface area contributed by atoms with E-state index in [-0.39, 0.29) is 24.3 Å². The van der Waals surface area contributed by atoms with Crippen LogP contribution in [0.5, 0.6) is 0 Å². The second-order valence-corrected chi connectivity index (χ2v) is 8.79. The number of carbonyl (C=O) groups excluding carboxylic acids is 2. The van der Waals surface area contributed by atoms with Crippen molar-refractivity contribution in [2.45, 2.75) is 30.6 Å². The van der Waals surface area contributed by atoms with Crippen LogP contribution >= 0.6 is 23.4 Å². The number of amides is 2. The molecule has 1 N–H and O–H groups in total. The summed E-state index contributed by atoms with van der Waals surface area (Å²) in [6.07, 6.45) is 2.01. The molecule has 0 spiro atoms. The lowest BCUT2D eigenvalue weighted by atomic mass is 10.2. The van der Waals surface area contributed by atoms with Crippen molar-refractivity contribution in [2.24, 2.45) is 4.99 Å². The molecule has 30 heavy (non-hydrogen) atoms. The van der Waals surface area contributed by atoms with E-state index in [1.807, 2.05) is 30.3 Å². The maximum Gasteiger partial charge on any atom is 0.242 e. The molecule has 0 saturated carbocycles. The van der Waals surface area contributed by atoms with Gasteiger partial charge in [-0.3, -0.25) is 14.5 Å². The highest BCUT2D eigenvalue weighted by Crippen LogP contribution is 2.33. The zero-order valence-corrected chi connectivity index (χ0v) is 17.9. The summed E-state index contributed by atoms with van der Waals surface area (Å²) >= 11 is 7.22. The van der Waals surface area contributed by atoms with Crippen molar-refractivity contribution >= 4 is 51.7 Å². The van der Waals surface area contributed by atoms with Crippen LogP contribution in [0.15, 0.2) is 59.6 Å². The van der Waals surface area contributed by atoms with Gasteiger partial charge in [-0.2, -0.15) is 0 Å². The lowest BCUT2D eigenvalue weighted by molar-refractivity contribution is -0.129. The topological polar surface area (TPSA) is 71.0 Å². The van der Waals surface area contributed by atoms with Gasteiger partial charge >= 0.3 is 0 Å². The molecule has 156 valence electrons. The molecule has 8 heteroatoms. The van der Waals surface area contributed by atoms with Crippen molar-refractivity contribution in [3.8, 4) is 0 Å². The molecule has 0 aliphatic carbocycles. The Balaban J connectivity index is 1.47. The quantitative estimate of drug-likeness (QED) is 0.714. The van der Waals surface area contributed by atoms with Crippen LogP contribution in [0.25, 0.3) is 0 Å². The highest BCUT2D eigenvalue weighted by Gasteiger charge is 2.40. The highest BCUT2D eigenvalue weighted by atomic mass is 35.5. The third-order valence-electron chi connectivity index (χ3n) is 4.91. The van der Waals surface area contributed by atoms with Crippen molar-refractivity contribution in [1.82, 2.24) is 4.90 Å². The fraction of sp³-hybridized carbons (Fsp3) is 0.318. The van der Waals surface area contributed by atoms with Crippen LogP contribution in [-0.4, -0.2) is 46.4 Å². The van der Waals surface area contributed by atoms with Crippen LogP contribution in [0.4, 0.5) is 11.4 Å². The smallest absolute Gasteiger partial charge is 0.242 e. The van der Waals surface area contributed by atoms with E-state index >= 15 is 0 Å². The average Bonchev–Trinajstić information content (AvgIpc) is 3.35. The predicted molar refractivity (Wildman–Crippen MR) is 120 cm³/mol. The molecule has 2 aromatic rings. The molecular weight excluding hydrogens is 422 g/mol. The minimum atomic E-state index is -0.513. The van der Waals surface area contributed by atoms with E-state index in [0.717, 1.165) is 25.1 Å². The van der Waals surface area contributed by atoms with E-state index in [1.54, 1.807) is 29.2 Å². The predicted octanol–water partition coefficient (Wildman–Crippen LogP) is 4.48. The maximum atomic E-state index is 13.1. The number of amidine groups is 1. The number of rotatable bonds is 6. The van der Waals surface area contributed by atoms with Gasteiger partial charge in [-0.25, -0.2) is 4.99 Å². The van der Waals surface area contributed by atoms with Gasteiger partial charge in [0.15, 0.2) is 5.17 Å². The monoisotopic (exact) mass is 443 g/mol. The molecule has 0 radical (unpaired) electrons. The second kappa shape index (κ2) is 9.64. The standard InChI is InChI=1S/C22H22ClN3O3S/c23-15-8-10-17(11-9-15)24-20(27)13-19-21(28)26(14-18-7-4-12-29-18)22(30-19)25-16-5-2-1-3-6-16/h1-3,5-6,8-11,18-19H,4,7,12-14H2,(H,24,27)/t18-,19-/m1/s1. The van der Waals surface area contributed by atoms with Gasteiger partial charge in [-0.1, -0.05) is 41.6 Å². The molecule has 2 atom stereocenters. The van der Waals surface area contributed by atoms with Crippen molar-refractivity contribution < 1.29 is 14.3 Å². The van der Waals surface area contributed by atoms with Crippen LogP contribution in [0.2, 0.25) is 5.02 Å². The zero-order valence-electron chi connectivity index (χ0n) is 16.3. The fourth-order valence-electron chi connectivity index (χ4n) is 3.41. The van der Waals surface area contributed by atoms with Crippen LogP contribution in [0.1, 0.15) is 19.3 Å². The van der Waals surface area contributed by atoms with Gasteiger partial charge in [-0.05, 0) is 49.2 Å². The number of nitrogens with zero attached hydrogens (tertiary/aromatic N) is 2. The number of aliphatic imine (C=N–C) groups is 1. The zero-order chi connectivity index (χ0) is 20.9. The maximum absolute atomic E-state index is 13.1. The molecule has 2 aromatic carbocycles. The molecule has 4 rings (SSSR count). The summed E-state index contributed by atoms with van der Waals surface area (Å²) in [5, 5.41) is 3.52. The summed E-state index contributed by atoms with van der Waals surface area (Å²) in [4.78, 5) is 32.0. The van der Waals surface area contributed by atoms with Crippen LogP contribution in [0.3, 0.4) is 0 Å². The normalized spacial score (nSPS) is 22.6. The number of para-hydroxylation sites is 1. The van der Waals surface area contributed by atoms with Gasteiger partial charge in [0, 0.05) is 23.7 Å². The minimum Gasteiger partial charge on any atom is -0.376 e. The van der Waals surface area contributed by atoms with Gasteiger partial charge in [0.25, 0.3) is 0 Å². The fourth-order valence-corrected chi connectivity index (χ4v) is 4.70. The number of carbonyl (C=O) groups is 2. The van der Waals surface area contributed by atoms with Gasteiger partial charge < -0.3 is 10.1 Å². The van der Waals surface area contributed by atoms with E-state index in [0.29, 0.717) is 22.4 Å². The number of hydrogen-bond acceptors (Lipinski definition) is 5. The Labute approximate surface area is 184 Å². The molecule has 2 aliphatic rings. The molecule has 0 bridgehead atoms. The second-order valence-electron chi connectivity index (χ2n) is 7.18. The van der Waals surface area contributed by atoms with E-state index in [1.165, 1.54) is 11.8 Å². The van der Waals surface area contributed by atoms with Crippen molar-refractivity contribution in [1.29, 1.82) is 0 Å². The van der Waals surface area contributed by atoms with E-state index in [4.69, 9.17) is 16.3 Å². The Morgan fingerprint density at radius 2 is 1.97 bits per heavy atom. The third kappa shape index (κ3) is 5.22. The molecule has 2 saturated heterocycles. The first-order chi connectivity index (χ1) is 14.6. The van der Waals surface area contributed by atoms with Gasteiger partial charge in [-0.15, -0.1) is 0 Å². The molecule has 0 unspecified atom stereocenters. The van der Waals surface area contributed by atoms with Crippen molar-refractivity contribution in [3.05, 3.63) is 59.6 Å². The highest BCUT2D eigenvalue weighted by molar-refractivity contribution is 8.15. The van der Waals surface area contributed by atoms with Gasteiger partial charge in [0.2, 0.25) is 11.8 Å². The summed E-state index contributed by atoms with van der Waals surface area (Å²) in [6, 6.07) is 16.4. The van der Waals surface area contributed by atoms with Crippen molar-refractivity contribution in [3.63, 3.8) is 0 Å². The minimum absolute atomic E-state index is 0.0113. The lowest BCUT2D eigenvalue weighted by Gasteiger charge is -2.20. The largest absolute Gasteiger partial charge is 0.376 e. The summed E-state index contributed by atoms with van der Waals surface area (Å²) in [7, 11) is 0. The van der Waals surface area contributed by atoms with Gasteiger partial charge in [0.1, 0.15) is 5.25 Å². The Morgan fingerprint density at radius 3 is 2.67 bits per heavy atom. The van der Waals surface area contributed by atoms with Crippen molar-refractivity contribution in [2.75, 3.05) is 18.5 Å². The van der Waals surface area contributed by atoms with E-state index < -0.39 is 5.25 Å². The number of hydrogen-bond donors (Lipinski definition) is 1. The molecule has 2 heterocycles. The Kier molecular flexibility index (Phi) is 6.72. The van der Waals surface area contributed by atoms with Crippen LogP contribution in [0, 0.1) is 0 Å². The first kappa shape index (κ1) is 20.9. The lowest BCUT2D eigenvalue weighted by Crippen LogP contribution is -2.38. The summed E-state index contributed by atoms with van der Waals surface area (Å²) in [6.45, 7) is 1.19. The van der Waals surface area contributed by atoms with E-state index in [2.05, 4.69) is 10.3 Å². The SMILES string of the molecule is O=C(C[C@H]1SC(=Nc2ccccc2)N(C[C@H]2CCCO2)C1=O)Nc1ccc(Cl)cc1. The Morgan fingerprint density at radius 1 is 1.20 bits per heavy atom. The number of benzene rings is 2. The number of thioether (sulfide) groups is 1. The number of nitrogens with one attached hydrogen (secondary N) is 1. The molecular formula is C22H22ClN3O3S. The molecule has 0 aromatic heterocycles. The van der Waals surface area contributed by atoms with Gasteiger partial charge in [0.05, 0.1) is 18.3 Å². The van der Waals surface area contributed by atoms with Crippen LogP contribution < -0.4 is 5.32 Å². The Hall–Kier alpha value is -2.35. The third-order valence-corrected chi connectivity index (χ3v) is 6.34. The summed E-state index contributed by atoms with van der Waals surface area (Å²) in [5.41, 5.74) is 1.42. The summed E-state index contributed by atoms with van der Waals surface area (Å²) in [5.74, 6) is -0.322. The first-order valence-electron chi connectivity index (χ1n) is 9.87. The first-order valence-corrected chi connectivity index (χ1v) is 11.1. The molecule has 2 aliphatic heterocycles. The van der Waals surface area contributed by atoms with Crippen LogP contribution in [-0.2, 0) is 14.3 Å².